The van der Waals surface area contributed by atoms with Gasteiger partial charge in [0.2, 0.25) is 11.8 Å². The highest BCUT2D eigenvalue weighted by atomic mass is 35.5. The van der Waals surface area contributed by atoms with E-state index in [-0.39, 0.29) is 37.1 Å². The zero-order chi connectivity index (χ0) is 15.4. The number of nitrogens with one attached hydrogen (secondary N) is 2. The normalized spacial score (nSPS) is 13.5. The van der Waals surface area contributed by atoms with Crippen molar-refractivity contribution in [3.05, 3.63) is 39.9 Å². The van der Waals surface area contributed by atoms with E-state index in [2.05, 4.69) is 21.7 Å². The van der Waals surface area contributed by atoms with Crippen molar-refractivity contribution in [2.24, 2.45) is 0 Å². The minimum Gasteiger partial charge on any atom is -0.441 e. The van der Waals surface area contributed by atoms with Crippen LogP contribution in [0.4, 0.5) is 0 Å². The van der Waals surface area contributed by atoms with E-state index in [0.717, 1.165) is 25.1 Å². The molecule has 0 aromatic carbocycles. The van der Waals surface area contributed by atoms with Gasteiger partial charge in [0.15, 0.2) is 0 Å². The lowest BCUT2D eigenvalue weighted by Crippen LogP contribution is -2.30. The summed E-state index contributed by atoms with van der Waals surface area (Å²) in [6.07, 6.45) is 3.39. The van der Waals surface area contributed by atoms with Crippen molar-refractivity contribution in [1.29, 1.82) is 0 Å². The molecule has 3 heterocycles. The number of aryl methyl sites for hydroxylation is 1. The standard InChI is InChI=1S/C16H19N3O2S.2ClH/c1-11-14(19-16(21-11)13-4-7-22-10-13)8-15(20)18-9-12-2-5-17-6-3-12;;/h2,4,7,10,17H,3,5-6,8-9H2,1H3,(H,18,20);2*1H. The molecule has 2 aromatic rings. The van der Waals surface area contributed by atoms with Crippen LogP contribution in [0.1, 0.15) is 17.9 Å². The second-order valence-corrected chi connectivity index (χ2v) is 6.08. The van der Waals surface area contributed by atoms with Crippen molar-refractivity contribution in [3.63, 3.8) is 0 Å². The molecule has 132 valence electrons. The van der Waals surface area contributed by atoms with Gasteiger partial charge in [-0.2, -0.15) is 11.3 Å². The average Bonchev–Trinajstić information content (AvgIpc) is 3.17. The molecular formula is C16H21Cl2N3O2S. The van der Waals surface area contributed by atoms with E-state index in [1.54, 1.807) is 11.3 Å². The zero-order valence-corrected chi connectivity index (χ0v) is 15.8. The van der Waals surface area contributed by atoms with Crippen LogP contribution in [0, 0.1) is 6.92 Å². The lowest BCUT2D eigenvalue weighted by atomic mass is 10.1. The molecule has 1 aliphatic rings. The minimum absolute atomic E-state index is 0. The first kappa shape index (κ1) is 20.7. The minimum atomic E-state index is -0.0206. The third kappa shape index (κ3) is 5.34. The Hall–Kier alpha value is -1.34. The number of rotatable bonds is 5. The highest BCUT2D eigenvalue weighted by Crippen LogP contribution is 2.23. The second-order valence-electron chi connectivity index (χ2n) is 5.30. The molecule has 0 radical (unpaired) electrons. The number of carbonyl (C=O) groups is 1. The van der Waals surface area contributed by atoms with Crippen LogP contribution < -0.4 is 10.6 Å². The smallest absolute Gasteiger partial charge is 0.227 e. The predicted molar refractivity (Wildman–Crippen MR) is 101 cm³/mol. The number of nitrogens with zero attached hydrogens (tertiary/aromatic N) is 1. The molecule has 5 nitrogen and oxygen atoms in total. The van der Waals surface area contributed by atoms with Gasteiger partial charge in [0.25, 0.3) is 0 Å². The SMILES string of the molecule is Cc1oc(-c2ccsc2)nc1CC(=O)NCC1=CCNCC1.Cl.Cl. The average molecular weight is 390 g/mol. The maximum absolute atomic E-state index is 12.1. The van der Waals surface area contributed by atoms with Crippen molar-refractivity contribution in [3.8, 4) is 11.5 Å². The molecular weight excluding hydrogens is 369 g/mol. The van der Waals surface area contributed by atoms with Crippen molar-refractivity contribution >= 4 is 42.1 Å². The summed E-state index contributed by atoms with van der Waals surface area (Å²) < 4.78 is 5.65. The van der Waals surface area contributed by atoms with E-state index in [9.17, 15) is 4.79 Å². The Morgan fingerprint density at radius 2 is 2.29 bits per heavy atom. The van der Waals surface area contributed by atoms with Crippen LogP contribution in [0.2, 0.25) is 0 Å². The number of carbonyl (C=O) groups excluding carboxylic acids is 1. The Kier molecular flexibility index (Phi) is 8.48. The molecule has 8 heteroatoms. The molecule has 1 aliphatic heterocycles. The van der Waals surface area contributed by atoms with Crippen LogP contribution in [-0.2, 0) is 11.2 Å². The molecule has 2 aromatic heterocycles. The van der Waals surface area contributed by atoms with Crippen LogP contribution in [-0.4, -0.2) is 30.5 Å². The Morgan fingerprint density at radius 3 is 2.96 bits per heavy atom. The first-order chi connectivity index (χ1) is 10.7. The Balaban J connectivity index is 0.00000144. The Morgan fingerprint density at radius 1 is 1.46 bits per heavy atom. The van der Waals surface area contributed by atoms with E-state index in [4.69, 9.17) is 4.42 Å². The molecule has 0 bridgehead atoms. The van der Waals surface area contributed by atoms with Crippen molar-refractivity contribution in [2.45, 2.75) is 19.8 Å². The van der Waals surface area contributed by atoms with Gasteiger partial charge in [-0.25, -0.2) is 4.98 Å². The summed E-state index contributed by atoms with van der Waals surface area (Å²) in [5, 5.41) is 10.2. The largest absolute Gasteiger partial charge is 0.441 e. The zero-order valence-electron chi connectivity index (χ0n) is 13.3. The molecule has 0 saturated carbocycles. The lowest BCUT2D eigenvalue weighted by Gasteiger charge is -2.14. The van der Waals surface area contributed by atoms with Crippen molar-refractivity contribution < 1.29 is 9.21 Å². The molecule has 0 fully saturated rings. The highest BCUT2D eigenvalue weighted by molar-refractivity contribution is 7.08. The fourth-order valence-corrected chi connectivity index (χ4v) is 2.99. The van der Waals surface area contributed by atoms with Gasteiger partial charge in [-0.05, 0) is 31.3 Å². The molecule has 0 atom stereocenters. The van der Waals surface area contributed by atoms with Gasteiger partial charge in [0.1, 0.15) is 5.76 Å². The maximum Gasteiger partial charge on any atom is 0.227 e. The summed E-state index contributed by atoms with van der Waals surface area (Å²) in [6.45, 7) is 4.33. The number of hydrogen-bond acceptors (Lipinski definition) is 5. The van der Waals surface area contributed by atoms with Crippen LogP contribution in [0.15, 0.2) is 32.9 Å². The quantitative estimate of drug-likeness (QED) is 0.770. The fourth-order valence-electron chi connectivity index (χ4n) is 2.36. The van der Waals surface area contributed by atoms with Gasteiger partial charge in [0, 0.05) is 24.0 Å². The van der Waals surface area contributed by atoms with Gasteiger partial charge < -0.3 is 15.1 Å². The van der Waals surface area contributed by atoms with E-state index < -0.39 is 0 Å². The summed E-state index contributed by atoms with van der Waals surface area (Å²) in [4.78, 5) is 16.5. The number of hydrogen-bond donors (Lipinski definition) is 2. The molecule has 3 rings (SSSR count). The Labute approximate surface area is 157 Å². The molecule has 2 N–H and O–H groups in total. The predicted octanol–water partition coefficient (Wildman–Crippen LogP) is 3.13. The van der Waals surface area contributed by atoms with E-state index in [1.165, 1.54) is 5.57 Å². The highest BCUT2D eigenvalue weighted by Gasteiger charge is 2.15. The van der Waals surface area contributed by atoms with E-state index in [1.807, 2.05) is 23.8 Å². The number of halogens is 2. The van der Waals surface area contributed by atoms with E-state index >= 15 is 0 Å². The summed E-state index contributed by atoms with van der Waals surface area (Å²) in [7, 11) is 0. The number of thiophene rings is 1. The van der Waals surface area contributed by atoms with Crippen LogP contribution in [0.3, 0.4) is 0 Å². The summed E-state index contributed by atoms with van der Waals surface area (Å²) >= 11 is 1.60. The van der Waals surface area contributed by atoms with Gasteiger partial charge >= 0.3 is 0 Å². The fraction of sp³-hybridized carbons (Fsp3) is 0.375. The topological polar surface area (TPSA) is 67.2 Å². The Bertz CT molecular complexity index is 684. The molecule has 0 aliphatic carbocycles. The molecule has 0 spiro atoms. The lowest BCUT2D eigenvalue weighted by molar-refractivity contribution is -0.120. The van der Waals surface area contributed by atoms with Crippen LogP contribution in [0.25, 0.3) is 11.5 Å². The molecule has 24 heavy (non-hydrogen) atoms. The van der Waals surface area contributed by atoms with Crippen molar-refractivity contribution in [2.75, 3.05) is 19.6 Å². The van der Waals surface area contributed by atoms with Gasteiger partial charge in [-0.1, -0.05) is 11.6 Å². The van der Waals surface area contributed by atoms with Crippen molar-refractivity contribution in [1.82, 2.24) is 15.6 Å². The number of oxazole rings is 1. The van der Waals surface area contributed by atoms with Gasteiger partial charge in [-0.3, -0.25) is 4.79 Å². The van der Waals surface area contributed by atoms with E-state index in [0.29, 0.717) is 23.9 Å². The summed E-state index contributed by atoms with van der Waals surface area (Å²) in [5.41, 5.74) is 2.94. The van der Waals surface area contributed by atoms with Crippen LogP contribution >= 0.6 is 36.2 Å². The third-order valence-electron chi connectivity index (χ3n) is 3.66. The summed E-state index contributed by atoms with van der Waals surface area (Å²) in [6, 6.07) is 1.96. The molecule has 1 amide bonds. The third-order valence-corrected chi connectivity index (χ3v) is 4.34. The second kappa shape index (κ2) is 9.84. The molecule has 0 saturated heterocycles. The van der Waals surface area contributed by atoms with Gasteiger partial charge in [-0.15, -0.1) is 24.8 Å². The first-order valence-electron chi connectivity index (χ1n) is 7.36. The first-order valence-corrected chi connectivity index (χ1v) is 8.31. The van der Waals surface area contributed by atoms with Crippen LogP contribution in [0.5, 0.6) is 0 Å². The number of amides is 1. The summed E-state index contributed by atoms with van der Waals surface area (Å²) in [5.74, 6) is 1.27. The maximum atomic E-state index is 12.1. The van der Waals surface area contributed by atoms with Gasteiger partial charge in [0.05, 0.1) is 12.1 Å². The monoisotopic (exact) mass is 389 g/mol. The molecule has 0 unspecified atom stereocenters. The number of aromatic nitrogens is 1.